The molecule has 0 unspecified atom stereocenters. The fourth-order valence-corrected chi connectivity index (χ4v) is 4.53. The minimum Gasteiger partial charge on any atom is -0.136 e. The summed E-state index contributed by atoms with van der Waals surface area (Å²) < 4.78 is 1.18. The lowest BCUT2D eigenvalue weighted by Gasteiger charge is -2.21. The Hall–Kier alpha value is -1.38. The van der Waals surface area contributed by atoms with Crippen molar-refractivity contribution in [1.82, 2.24) is 0 Å². The number of hydrogen-bond acceptors (Lipinski definition) is 1. The molecule has 0 N–H and O–H groups in total. The highest BCUT2D eigenvalue weighted by Crippen LogP contribution is 2.49. The Morgan fingerprint density at radius 1 is 0.857 bits per heavy atom. The standard InChI is InChI=1S/C19H15BrS/c1-19(2)16-6-4-3-5-14(16)15-9-12(7-8-17(15)19)13-10-18(20)21-11-13/h3-11H,1-2H3. The molecule has 1 aromatic heterocycles. The molecule has 0 radical (unpaired) electrons. The van der Waals surface area contributed by atoms with E-state index in [2.05, 4.69) is 83.7 Å². The Morgan fingerprint density at radius 3 is 2.38 bits per heavy atom. The van der Waals surface area contributed by atoms with Crippen LogP contribution in [0, 0.1) is 0 Å². The second-order valence-electron chi connectivity index (χ2n) is 6.07. The maximum atomic E-state index is 3.55. The van der Waals surface area contributed by atoms with Crippen molar-refractivity contribution in [3.05, 3.63) is 68.8 Å². The lowest BCUT2D eigenvalue weighted by Crippen LogP contribution is -2.14. The summed E-state index contributed by atoms with van der Waals surface area (Å²) >= 11 is 5.29. The van der Waals surface area contributed by atoms with Crippen LogP contribution < -0.4 is 0 Å². The van der Waals surface area contributed by atoms with Gasteiger partial charge in [0.2, 0.25) is 0 Å². The van der Waals surface area contributed by atoms with Gasteiger partial charge in [-0.05, 0) is 66.8 Å². The molecule has 1 aliphatic rings. The van der Waals surface area contributed by atoms with Crippen LogP contribution in [0.1, 0.15) is 25.0 Å². The van der Waals surface area contributed by atoms with E-state index in [0.717, 1.165) is 0 Å². The van der Waals surface area contributed by atoms with Crippen LogP contribution in [0.4, 0.5) is 0 Å². The lowest BCUT2D eigenvalue weighted by molar-refractivity contribution is 0.660. The molecular formula is C19H15BrS. The molecule has 0 saturated carbocycles. The molecular weight excluding hydrogens is 340 g/mol. The van der Waals surface area contributed by atoms with E-state index >= 15 is 0 Å². The van der Waals surface area contributed by atoms with Gasteiger partial charge in [-0.3, -0.25) is 0 Å². The van der Waals surface area contributed by atoms with E-state index in [9.17, 15) is 0 Å². The SMILES string of the molecule is CC1(C)c2ccccc2-c2cc(-c3csc(Br)c3)ccc21. The minimum absolute atomic E-state index is 0.0969. The van der Waals surface area contributed by atoms with Crippen molar-refractivity contribution in [3.8, 4) is 22.3 Å². The molecule has 0 fully saturated rings. The van der Waals surface area contributed by atoms with E-state index < -0.39 is 0 Å². The van der Waals surface area contributed by atoms with Gasteiger partial charge in [0.15, 0.2) is 0 Å². The van der Waals surface area contributed by atoms with Gasteiger partial charge in [-0.2, -0.15) is 0 Å². The highest BCUT2D eigenvalue weighted by atomic mass is 79.9. The summed E-state index contributed by atoms with van der Waals surface area (Å²) in [6, 6.07) is 17.9. The first-order chi connectivity index (χ1) is 10.1. The predicted octanol–water partition coefficient (Wildman–Crippen LogP) is 6.48. The molecule has 0 saturated heterocycles. The maximum absolute atomic E-state index is 3.55. The molecule has 0 amide bonds. The average Bonchev–Trinajstić information content (AvgIpc) is 3.01. The quantitative estimate of drug-likeness (QED) is 0.468. The summed E-state index contributed by atoms with van der Waals surface area (Å²) in [6.45, 7) is 4.64. The van der Waals surface area contributed by atoms with Gasteiger partial charge in [-0.1, -0.05) is 50.2 Å². The van der Waals surface area contributed by atoms with Crippen LogP contribution in [0.5, 0.6) is 0 Å². The van der Waals surface area contributed by atoms with Crippen LogP contribution in [-0.2, 0) is 5.41 Å². The van der Waals surface area contributed by atoms with E-state index in [1.165, 1.54) is 37.2 Å². The fraction of sp³-hybridized carbons (Fsp3) is 0.158. The summed E-state index contributed by atoms with van der Waals surface area (Å²) in [6.07, 6.45) is 0. The lowest BCUT2D eigenvalue weighted by atomic mass is 9.82. The van der Waals surface area contributed by atoms with Crippen molar-refractivity contribution in [2.45, 2.75) is 19.3 Å². The molecule has 0 aliphatic heterocycles. The zero-order valence-electron chi connectivity index (χ0n) is 12.0. The topological polar surface area (TPSA) is 0 Å². The van der Waals surface area contributed by atoms with Crippen molar-refractivity contribution >= 4 is 27.3 Å². The van der Waals surface area contributed by atoms with Gasteiger partial charge >= 0.3 is 0 Å². The molecule has 0 atom stereocenters. The Kier molecular flexibility index (Phi) is 2.88. The van der Waals surface area contributed by atoms with Gasteiger partial charge < -0.3 is 0 Å². The second kappa shape index (κ2) is 4.56. The van der Waals surface area contributed by atoms with E-state index in [1.54, 1.807) is 11.3 Å². The highest BCUT2D eigenvalue weighted by molar-refractivity contribution is 9.11. The smallest absolute Gasteiger partial charge is 0.0704 e. The molecule has 0 spiro atoms. The average molecular weight is 355 g/mol. The van der Waals surface area contributed by atoms with Gasteiger partial charge in [0.1, 0.15) is 0 Å². The highest BCUT2D eigenvalue weighted by Gasteiger charge is 2.34. The Morgan fingerprint density at radius 2 is 1.62 bits per heavy atom. The van der Waals surface area contributed by atoms with Gasteiger partial charge in [-0.25, -0.2) is 0 Å². The molecule has 0 bridgehead atoms. The Labute approximate surface area is 137 Å². The van der Waals surface area contributed by atoms with Crippen molar-refractivity contribution < 1.29 is 0 Å². The van der Waals surface area contributed by atoms with Crippen LogP contribution in [0.3, 0.4) is 0 Å². The zero-order chi connectivity index (χ0) is 14.6. The number of benzene rings is 2. The Bertz CT molecular complexity index is 842. The molecule has 1 aliphatic carbocycles. The Balaban J connectivity index is 1.95. The van der Waals surface area contributed by atoms with Crippen LogP contribution in [0.2, 0.25) is 0 Å². The van der Waals surface area contributed by atoms with Crippen LogP contribution >= 0.6 is 27.3 Å². The molecule has 104 valence electrons. The van der Waals surface area contributed by atoms with Gasteiger partial charge in [-0.15, -0.1) is 11.3 Å². The predicted molar refractivity (Wildman–Crippen MR) is 95.0 cm³/mol. The first-order valence-electron chi connectivity index (χ1n) is 7.06. The number of halogens is 1. The first kappa shape index (κ1) is 13.3. The van der Waals surface area contributed by atoms with Gasteiger partial charge in [0.05, 0.1) is 3.79 Å². The first-order valence-corrected chi connectivity index (χ1v) is 8.73. The van der Waals surface area contributed by atoms with E-state index in [1.807, 2.05) is 0 Å². The third kappa shape index (κ3) is 1.93. The normalized spacial score (nSPS) is 14.8. The van der Waals surface area contributed by atoms with Crippen molar-refractivity contribution in [3.63, 3.8) is 0 Å². The van der Waals surface area contributed by atoms with E-state index in [0.29, 0.717) is 0 Å². The van der Waals surface area contributed by atoms with Gasteiger partial charge in [0, 0.05) is 5.41 Å². The summed E-state index contributed by atoms with van der Waals surface area (Å²) in [5, 5.41) is 2.21. The minimum atomic E-state index is 0.0969. The number of hydrogen-bond donors (Lipinski definition) is 0. The third-order valence-corrected chi connectivity index (χ3v) is 5.99. The van der Waals surface area contributed by atoms with E-state index in [4.69, 9.17) is 0 Å². The molecule has 2 aromatic carbocycles. The molecule has 3 aromatic rings. The number of fused-ring (bicyclic) bond motifs is 3. The van der Waals surface area contributed by atoms with E-state index in [-0.39, 0.29) is 5.41 Å². The summed E-state index contributed by atoms with van der Waals surface area (Å²) in [7, 11) is 0. The summed E-state index contributed by atoms with van der Waals surface area (Å²) in [5.41, 5.74) is 8.31. The van der Waals surface area contributed by atoms with Crippen molar-refractivity contribution in [2.75, 3.05) is 0 Å². The van der Waals surface area contributed by atoms with Gasteiger partial charge in [0.25, 0.3) is 0 Å². The van der Waals surface area contributed by atoms with Crippen molar-refractivity contribution in [1.29, 1.82) is 0 Å². The van der Waals surface area contributed by atoms with Crippen LogP contribution in [0.15, 0.2) is 57.7 Å². The second-order valence-corrected chi connectivity index (χ2v) is 8.36. The number of rotatable bonds is 1. The monoisotopic (exact) mass is 354 g/mol. The molecule has 2 heteroatoms. The molecule has 4 rings (SSSR count). The largest absolute Gasteiger partial charge is 0.136 e. The molecule has 1 heterocycles. The molecule has 0 nitrogen and oxygen atoms in total. The van der Waals surface area contributed by atoms with Crippen LogP contribution in [-0.4, -0.2) is 0 Å². The maximum Gasteiger partial charge on any atom is 0.0704 e. The summed E-state index contributed by atoms with van der Waals surface area (Å²) in [5.74, 6) is 0. The molecule has 21 heavy (non-hydrogen) atoms. The van der Waals surface area contributed by atoms with Crippen LogP contribution in [0.25, 0.3) is 22.3 Å². The van der Waals surface area contributed by atoms with Crippen molar-refractivity contribution in [2.24, 2.45) is 0 Å². The summed E-state index contributed by atoms with van der Waals surface area (Å²) in [4.78, 5) is 0. The zero-order valence-corrected chi connectivity index (χ0v) is 14.4. The number of thiophene rings is 1. The third-order valence-electron chi connectivity index (χ3n) is 4.48. The fourth-order valence-electron chi connectivity index (χ4n) is 3.36.